The minimum absolute atomic E-state index is 0.0888. The average molecular weight is 407 g/mol. The molecular formula is C23H25N3O4. The first kappa shape index (κ1) is 19.9. The Balaban J connectivity index is 1.49. The fourth-order valence-corrected chi connectivity index (χ4v) is 3.90. The zero-order chi connectivity index (χ0) is 21.3. The van der Waals surface area contributed by atoms with E-state index in [0.29, 0.717) is 48.7 Å². The van der Waals surface area contributed by atoms with E-state index < -0.39 is 5.66 Å². The van der Waals surface area contributed by atoms with Gasteiger partial charge in [-0.15, -0.1) is 0 Å². The van der Waals surface area contributed by atoms with E-state index in [0.717, 1.165) is 11.1 Å². The van der Waals surface area contributed by atoms with Crippen molar-refractivity contribution in [3.63, 3.8) is 0 Å². The van der Waals surface area contributed by atoms with Gasteiger partial charge in [0.05, 0.1) is 14.2 Å². The molecule has 0 saturated carbocycles. The lowest BCUT2D eigenvalue weighted by Crippen LogP contribution is -2.52. The van der Waals surface area contributed by atoms with Gasteiger partial charge in [0.25, 0.3) is 11.8 Å². The molecule has 30 heavy (non-hydrogen) atoms. The predicted molar refractivity (Wildman–Crippen MR) is 113 cm³/mol. The van der Waals surface area contributed by atoms with Crippen molar-refractivity contribution in [2.45, 2.75) is 25.4 Å². The molecule has 0 radical (unpaired) electrons. The Morgan fingerprint density at radius 1 is 1.03 bits per heavy atom. The highest BCUT2D eigenvalue weighted by molar-refractivity contribution is 6.46. The van der Waals surface area contributed by atoms with Crippen LogP contribution in [0.3, 0.4) is 0 Å². The van der Waals surface area contributed by atoms with Crippen molar-refractivity contribution < 1.29 is 19.1 Å². The summed E-state index contributed by atoms with van der Waals surface area (Å²) in [5.41, 5.74) is 2.29. The number of methoxy groups -OCH3 is 2. The summed E-state index contributed by atoms with van der Waals surface area (Å²) in [5.74, 6) is 0.897. The van der Waals surface area contributed by atoms with Gasteiger partial charge in [-0.05, 0) is 19.1 Å². The van der Waals surface area contributed by atoms with E-state index in [1.54, 1.807) is 37.3 Å². The minimum Gasteiger partial charge on any atom is -0.497 e. The maximum Gasteiger partial charge on any atom is 0.272 e. The Bertz CT molecular complexity index is 983. The summed E-state index contributed by atoms with van der Waals surface area (Å²) < 4.78 is 10.5. The molecule has 2 aromatic rings. The molecule has 7 nitrogen and oxygen atoms in total. The van der Waals surface area contributed by atoms with Crippen molar-refractivity contribution in [3.8, 4) is 11.5 Å². The van der Waals surface area contributed by atoms with Gasteiger partial charge in [-0.2, -0.15) is 0 Å². The van der Waals surface area contributed by atoms with E-state index in [1.165, 1.54) is 0 Å². The number of amides is 2. The second-order valence-electron chi connectivity index (χ2n) is 7.71. The number of ether oxygens (including phenoxy) is 2. The third kappa shape index (κ3) is 3.75. The van der Waals surface area contributed by atoms with E-state index >= 15 is 0 Å². The summed E-state index contributed by atoms with van der Waals surface area (Å²) >= 11 is 0. The number of hydrogen-bond acceptors (Lipinski definition) is 5. The van der Waals surface area contributed by atoms with Gasteiger partial charge in [0.1, 0.15) is 22.9 Å². The topological polar surface area (TPSA) is 80.2 Å². The Kier molecular flexibility index (Phi) is 5.20. The van der Waals surface area contributed by atoms with Gasteiger partial charge in [-0.3, -0.25) is 14.6 Å². The largest absolute Gasteiger partial charge is 0.497 e. The van der Waals surface area contributed by atoms with Gasteiger partial charge in [0.2, 0.25) is 0 Å². The van der Waals surface area contributed by atoms with Crippen LogP contribution in [-0.4, -0.2) is 55.4 Å². The first-order valence-corrected chi connectivity index (χ1v) is 9.95. The summed E-state index contributed by atoms with van der Waals surface area (Å²) in [6, 6.07) is 12.9. The Labute approximate surface area is 175 Å². The molecule has 1 N–H and O–H groups in total. The lowest BCUT2D eigenvalue weighted by Gasteiger charge is -2.37. The number of piperidine rings is 1. The van der Waals surface area contributed by atoms with Gasteiger partial charge in [0.15, 0.2) is 0 Å². The number of likely N-dealkylation sites (tertiary alicyclic amines) is 1. The highest BCUT2D eigenvalue weighted by Gasteiger charge is 2.43. The normalized spacial score (nSPS) is 17.5. The summed E-state index contributed by atoms with van der Waals surface area (Å²) in [5, 5.41) is 3.05. The van der Waals surface area contributed by atoms with Crippen LogP contribution in [0.15, 0.2) is 47.5 Å². The minimum atomic E-state index is -0.639. The molecule has 1 fully saturated rings. The van der Waals surface area contributed by atoms with Crippen LogP contribution in [0.25, 0.3) is 0 Å². The van der Waals surface area contributed by atoms with Crippen LogP contribution >= 0.6 is 0 Å². The number of carbonyl (C=O) groups is 2. The number of hydrogen-bond donors (Lipinski definition) is 1. The molecule has 2 aliphatic rings. The Hall–Kier alpha value is -3.35. The summed E-state index contributed by atoms with van der Waals surface area (Å²) in [6.45, 7) is 3.01. The smallest absolute Gasteiger partial charge is 0.272 e. The van der Waals surface area contributed by atoms with E-state index in [2.05, 4.69) is 5.32 Å². The first-order valence-electron chi connectivity index (χ1n) is 9.95. The molecule has 156 valence electrons. The van der Waals surface area contributed by atoms with Crippen LogP contribution in [0.4, 0.5) is 0 Å². The number of nitrogens with one attached hydrogen (secondary N) is 1. The quantitative estimate of drug-likeness (QED) is 0.845. The molecule has 0 aromatic heterocycles. The highest BCUT2D eigenvalue weighted by Crippen LogP contribution is 2.30. The number of rotatable bonds is 4. The molecule has 7 heteroatoms. The van der Waals surface area contributed by atoms with E-state index in [9.17, 15) is 9.59 Å². The second-order valence-corrected chi connectivity index (χ2v) is 7.71. The van der Waals surface area contributed by atoms with Crippen LogP contribution in [0.2, 0.25) is 0 Å². The van der Waals surface area contributed by atoms with Crippen LogP contribution in [-0.2, 0) is 4.79 Å². The number of nitrogens with zero attached hydrogens (tertiary/aromatic N) is 2. The molecule has 0 bridgehead atoms. The molecule has 0 atom stereocenters. The number of aryl methyl sites for hydroxylation is 1. The summed E-state index contributed by atoms with van der Waals surface area (Å²) in [6.07, 6.45) is 1.14. The van der Waals surface area contributed by atoms with Gasteiger partial charge < -0.3 is 19.7 Å². The van der Waals surface area contributed by atoms with E-state index in [1.807, 2.05) is 31.2 Å². The fraction of sp³-hybridized carbons (Fsp3) is 0.348. The van der Waals surface area contributed by atoms with Crippen molar-refractivity contribution in [3.05, 3.63) is 59.2 Å². The number of benzene rings is 2. The fourth-order valence-electron chi connectivity index (χ4n) is 3.90. The van der Waals surface area contributed by atoms with Gasteiger partial charge in [-0.25, -0.2) is 0 Å². The molecule has 0 aliphatic carbocycles. The third-order valence-corrected chi connectivity index (χ3v) is 5.69. The Morgan fingerprint density at radius 3 is 2.20 bits per heavy atom. The molecule has 1 spiro atoms. The van der Waals surface area contributed by atoms with Gasteiger partial charge >= 0.3 is 0 Å². The van der Waals surface area contributed by atoms with Crippen LogP contribution in [0.1, 0.15) is 34.3 Å². The van der Waals surface area contributed by atoms with Crippen molar-refractivity contribution >= 4 is 17.5 Å². The molecule has 2 aromatic carbocycles. The zero-order valence-electron chi connectivity index (χ0n) is 17.4. The van der Waals surface area contributed by atoms with E-state index in [-0.39, 0.29) is 11.8 Å². The summed E-state index contributed by atoms with van der Waals surface area (Å²) in [7, 11) is 3.11. The van der Waals surface area contributed by atoms with Gasteiger partial charge in [0, 0.05) is 43.1 Å². The van der Waals surface area contributed by atoms with Crippen molar-refractivity contribution in [2.24, 2.45) is 4.99 Å². The molecular weight excluding hydrogens is 382 g/mol. The molecule has 2 aliphatic heterocycles. The third-order valence-electron chi connectivity index (χ3n) is 5.69. The lowest BCUT2D eigenvalue weighted by atomic mass is 9.97. The van der Waals surface area contributed by atoms with Crippen molar-refractivity contribution in [2.75, 3.05) is 27.3 Å². The van der Waals surface area contributed by atoms with Crippen molar-refractivity contribution in [1.29, 1.82) is 0 Å². The number of aliphatic imine (C=N–C) groups is 1. The highest BCUT2D eigenvalue weighted by atomic mass is 16.5. The van der Waals surface area contributed by atoms with E-state index in [4.69, 9.17) is 14.5 Å². The zero-order valence-corrected chi connectivity index (χ0v) is 17.4. The first-order chi connectivity index (χ1) is 14.4. The van der Waals surface area contributed by atoms with Crippen LogP contribution in [0.5, 0.6) is 11.5 Å². The molecule has 2 amide bonds. The molecule has 0 unspecified atom stereocenters. The monoisotopic (exact) mass is 407 g/mol. The maximum atomic E-state index is 13.0. The average Bonchev–Trinajstić information content (AvgIpc) is 3.09. The number of carbonyl (C=O) groups excluding carboxylic acids is 2. The second kappa shape index (κ2) is 7.82. The summed E-state index contributed by atoms with van der Waals surface area (Å²) in [4.78, 5) is 32.1. The molecule has 4 rings (SSSR count). The lowest BCUT2D eigenvalue weighted by molar-refractivity contribution is -0.115. The predicted octanol–water partition coefficient (Wildman–Crippen LogP) is 2.56. The van der Waals surface area contributed by atoms with Gasteiger partial charge in [-0.1, -0.05) is 29.8 Å². The molecule has 1 saturated heterocycles. The molecule has 2 heterocycles. The van der Waals surface area contributed by atoms with Crippen LogP contribution in [0, 0.1) is 6.92 Å². The van der Waals surface area contributed by atoms with Crippen LogP contribution < -0.4 is 14.8 Å². The van der Waals surface area contributed by atoms with Crippen molar-refractivity contribution in [1.82, 2.24) is 10.2 Å². The SMILES string of the molecule is COc1cc(OC)cc(C(=O)N2CCC3(CC2)N=C(c2ccc(C)cc2)C(=O)N3)c1. The standard InChI is InChI=1S/C23H25N3O4/c1-15-4-6-16(7-5-15)20-21(27)25-23(24-20)8-10-26(11-9-23)22(28)17-12-18(29-2)14-19(13-17)30-3/h4-7,12-14H,8-11H2,1-3H3,(H,25,27). The Morgan fingerprint density at radius 2 is 1.63 bits per heavy atom. The maximum absolute atomic E-state index is 13.0.